The Kier molecular flexibility index (Phi) is 16.1. The number of H-pyrrole nitrogens is 1. The fourth-order valence-corrected chi connectivity index (χ4v) is 16.1. The summed E-state index contributed by atoms with van der Waals surface area (Å²) in [6, 6.07) is 131. The Morgan fingerprint density at radius 2 is 0.633 bits per heavy atom. The van der Waals surface area contributed by atoms with Crippen molar-refractivity contribution in [2.75, 3.05) is 0 Å². The van der Waals surface area contributed by atoms with E-state index in [1.165, 1.54) is 65.9 Å². The standard InChI is InChI=1S/C50H31N3O.C26H17NO.C24H15ClN2/c1-2-14-33(15-3-1)38-23-13-24-42-46-40-20-7-10-26-44(40)54-45-27-11-8-21-41(45)49(46)53(48(38)42)50-51-43-25-9-6-19-39(43)47(52-50)35-30-28-34(29-31-35)37-22-12-17-32-16-4-5-18-36(32)37;1-2-9-17(10-3-1)18-13-8-14-21-24-19-11-4-6-15-22(19)28-23-16-7-5-12-20(23)26(24)27-25(18)21;25-24-26-22-11-4-3-9-21(22)23(27-24)18-14-12-17(13-15-18)20-10-5-7-16-6-1-2-8-19(16)20/h1-31H;1-16,27H;1-15H. The maximum Gasteiger partial charge on any atom is 0.235 e. The number of hydrogen-bond donors (Lipinski definition) is 1. The average molecular weight is 1420 g/mol. The van der Waals surface area contributed by atoms with Gasteiger partial charge >= 0.3 is 0 Å². The van der Waals surface area contributed by atoms with Gasteiger partial charge in [0.2, 0.25) is 11.2 Å². The average Bonchev–Trinajstić information content (AvgIpc) is 1.77. The molecule has 0 radical (unpaired) electrons. The molecule has 22 rings (SSSR count). The Morgan fingerprint density at radius 3 is 1.22 bits per heavy atom. The van der Waals surface area contributed by atoms with E-state index >= 15 is 0 Å². The Bertz CT molecular complexity index is 6920. The van der Waals surface area contributed by atoms with E-state index in [9.17, 15) is 0 Å². The van der Waals surface area contributed by atoms with Gasteiger partial charge in [0.15, 0.2) is 0 Å². The van der Waals surface area contributed by atoms with E-state index in [1.807, 2.05) is 66.7 Å². The van der Waals surface area contributed by atoms with Gasteiger partial charge in [-0.1, -0.05) is 328 Å². The Morgan fingerprint density at radius 1 is 0.257 bits per heavy atom. The molecule has 0 unspecified atom stereocenters. The normalized spacial score (nSPS) is 11.7. The largest absolute Gasteiger partial charge is 0.456 e. The minimum atomic E-state index is 0.266. The van der Waals surface area contributed by atoms with Gasteiger partial charge in [0, 0.05) is 77.2 Å². The van der Waals surface area contributed by atoms with Crippen LogP contribution in [0.5, 0.6) is 23.0 Å². The molecule has 20 aromatic rings. The van der Waals surface area contributed by atoms with Crippen molar-refractivity contribution in [3.05, 3.63) is 381 Å². The fraction of sp³-hybridized carbons (Fsp3) is 0. The number of para-hydroxylation sites is 8. The molecule has 0 aliphatic carbocycles. The monoisotopic (exact) mass is 1410 g/mol. The van der Waals surface area contributed by atoms with Gasteiger partial charge in [0.25, 0.3) is 0 Å². The van der Waals surface area contributed by atoms with Crippen LogP contribution in [-0.2, 0) is 0 Å². The summed E-state index contributed by atoms with van der Waals surface area (Å²) >= 11 is 6.14. The zero-order chi connectivity index (χ0) is 72.3. The van der Waals surface area contributed by atoms with Crippen molar-refractivity contribution in [1.29, 1.82) is 0 Å². The van der Waals surface area contributed by atoms with Gasteiger partial charge in [0.05, 0.1) is 44.8 Å². The van der Waals surface area contributed by atoms with Crippen molar-refractivity contribution in [3.63, 3.8) is 0 Å². The lowest BCUT2D eigenvalue weighted by Gasteiger charge is -2.16. The van der Waals surface area contributed by atoms with E-state index in [4.69, 9.17) is 31.0 Å². The molecule has 0 saturated carbocycles. The van der Waals surface area contributed by atoms with Crippen LogP contribution in [0, 0.1) is 0 Å². The Balaban J connectivity index is 0.000000119. The molecule has 2 aliphatic rings. The van der Waals surface area contributed by atoms with Gasteiger partial charge in [-0.15, -0.1) is 0 Å². The van der Waals surface area contributed by atoms with Crippen LogP contribution < -0.4 is 9.47 Å². The van der Waals surface area contributed by atoms with Crippen LogP contribution in [0.2, 0.25) is 5.28 Å². The van der Waals surface area contributed by atoms with Crippen LogP contribution in [0.1, 0.15) is 0 Å². The molecule has 2 aliphatic heterocycles. The molecule has 6 heterocycles. The van der Waals surface area contributed by atoms with Crippen LogP contribution >= 0.6 is 11.6 Å². The van der Waals surface area contributed by atoms with Crippen molar-refractivity contribution in [2.45, 2.75) is 0 Å². The van der Waals surface area contributed by atoms with Crippen molar-refractivity contribution >= 4 is 76.8 Å². The highest BCUT2D eigenvalue weighted by Gasteiger charge is 2.32. The summed E-state index contributed by atoms with van der Waals surface area (Å²) in [6.45, 7) is 0. The lowest BCUT2D eigenvalue weighted by atomic mass is 9.96. The molecule has 1 N–H and O–H groups in total. The smallest absolute Gasteiger partial charge is 0.235 e. The number of aromatic nitrogens is 6. The number of nitrogens with one attached hydrogen (secondary N) is 1. The van der Waals surface area contributed by atoms with Crippen LogP contribution in [0.3, 0.4) is 0 Å². The first kappa shape index (κ1) is 64.3. The predicted octanol–water partition coefficient (Wildman–Crippen LogP) is 27.2. The SMILES string of the molecule is Clc1nc(-c2ccc(-c3cccc4ccccc34)cc2)c2ccccc2n1.c1ccc(-c2cccc3c4c([nH]c23)-c2ccccc2Oc2ccccc2-4)cc1.c1ccc(-c2cccc3c4c(n(-c5nc(-c6ccc(-c7cccc8ccccc78)cc6)c6ccccc6n5)c23)-c2ccccc2Oc2ccccc2-4)cc1. The Labute approximate surface area is 633 Å². The number of hydrogen-bond acceptors (Lipinski definition) is 6. The second-order valence-corrected chi connectivity index (χ2v) is 27.6. The van der Waals surface area contributed by atoms with E-state index in [0.717, 1.165) is 134 Å². The van der Waals surface area contributed by atoms with Gasteiger partial charge in [-0.2, -0.15) is 0 Å². The fourth-order valence-electron chi connectivity index (χ4n) is 16.0. The third-order valence-electron chi connectivity index (χ3n) is 20.9. The molecule has 9 heteroatoms. The number of rotatable bonds is 7. The number of nitrogens with zero attached hydrogens (tertiary/aromatic N) is 5. The second-order valence-electron chi connectivity index (χ2n) is 27.2. The lowest BCUT2D eigenvalue weighted by Crippen LogP contribution is -2.06. The van der Waals surface area contributed by atoms with E-state index in [2.05, 4.69) is 329 Å². The number of aromatic amines is 1. The number of benzene rings is 16. The number of ether oxygens (including phenoxy) is 2. The minimum Gasteiger partial charge on any atom is -0.456 e. The molecule has 4 aromatic heterocycles. The summed E-state index contributed by atoms with van der Waals surface area (Å²) in [7, 11) is 0. The quantitative estimate of drug-likeness (QED) is 0.160. The van der Waals surface area contributed by atoms with Gasteiger partial charge < -0.3 is 14.5 Å². The molecule has 0 saturated heterocycles. The molecule has 0 fully saturated rings. The zero-order valence-corrected chi connectivity index (χ0v) is 59.5. The highest BCUT2D eigenvalue weighted by molar-refractivity contribution is 6.29. The highest BCUT2D eigenvalue weighted by Crippen LogP contribution is 2.54. The van der Waals surface area contributed by atoms with Crippen LogP contribution in [0.15, 0.2) is 376 Å². The summed E-state index contributed by atoms with van der Waals surface area (Å²) in [6.07, 6.45) is 0. The van der Waals surface area contributed by atoms with Gasteiger partial charge in [-0.25, -0.2) is 19.9 Å². The van der Waals surface area contributed by atoms with E-state index in [1.54, 1.807) is 0 Å². The molecular weight excluding hydrogens is 1350 g/mol. The first-order valence-corrected chi connectivity index (χ1v) is 36.9. The second kappa shape index (κ2) is 27.3. The zero-order valence-electron chi connectivity index (χ0n) is 58.7. The minimum absolute atomic E-state index is 0.266. The van der Waals surface area contributed by atoms with Gasteiger partial charge in [0.1, 0.15) is 23.0 Å². The third-order valence-corrected chi connectivity index (χ3v) is 21.1. The molecule has 109 heavy (non-hydrogen) atoms. The van der Waals surface area contributed by atoms with E-state index < -0.39 is 0 Å². The maximum absolute atomic E-state index is 6.68. The van der Waals surface area contributed by atoms with Gasteiger partial charge in [-0.3, -0.25) is 4.57 Å². The Hall–Kier alpha value is -14.3. The summed E-state index contributed by atoms with van der Waals surface area (Å²) < 4.78 is 15.2. The molecule has 0 bridgehead atoms. The molecule has 8 nitrogen and oxygen atoms in total. The first-order chi connectivity index (χ1) is 54.0. The van der Waals surface area contributed by atoms with Crippen LogP contribution in [0.25, 0.3) is 183 Å². The summed E-state index contributed by atoms with van der Waals surface area (Å²) in [4.78, 5) is 23.4. The first-order valence-electron chi connectivity index (χ1n) is 36.5. The van der Waals surface area contributed by atoms with Crippen molar-refractivity contribution in [1.82, 2.24) is 29.5 Å². The van der Waals surface area contributed by atoms with Crippen LogP contribution in [-0.4, -0.2) is 29.5 Å². The third kappa shape index (κ3) is 11.5. The molecule has 0 amide bonds. The topological polar surface area (TPSA) is 90.7 Å². The lowest BCUT2D eigenvalue weighted by molar-refractivity contribution is 0.487. The van der Waals surface area contributed by atoms with E-state index in [-0.39, 0.29) is 5.28 Å². The predicted molar refractivity (Wildman–Crippen MR) is 449 cm³/mol. The molecule has 16 aromatic carbocycles. The van der Waals surface area contributed by atoms with E-state index in [0.29, 0.717) is 5.95 Å². The number of halogens is 1. The summed E-state index contributed by atoms with van der Waals surface area (Å²) in [5.41, 5.74) is 25.8. The van der Waals surface area contributed by atoms with Crippen LogP contribution in [0.4, 0.5) is 0 Å². The molecule has 512 valence electrons. The van der Waals surface area contributed by atoms with Crippen molar-refractivity contribution in [3.8, 4) is 141 Å². The molecular formula is C100H63ClN6O2. The summed E-state index contributed by atoms with van der Waals surface area (Å²) in [5, 5.41) is 9.55. The molecule has 0 spiro atoms. The summed E-state index contributed by atoms with van der Waals surface area (Å²) in [5.74, 6) is 3.98. The number of fused-ring (bicyclic) bond motifs is 18. The maximum atomic E-state index is 6.68. The van der Waals surface area contributed by atoms with Crippen molar-refractivity contribution in [2.24, 2.45) is 0 Å². The molecule has 0 atom stereocenters. The van der Waals surface area contributed by atoms with Crippen molar-refractivity contribution < 1.29 is 9.47 Å². The highest BCUT2D eigenvalue weighted by atomic mass is 35.5. The van der Waals surface area contributed by atoms with Gasteiger partial charge in [-0.05, 0) is 115 Å².